The molecule has 2 heterocycles. The summed E-state index contributed by atoms with van der Waals surface area (Å²) in [5.74, 6) is -3.13. The van der Waals surface area contributed by atoms with Crippen molar-refractivity contribution in [3.8, 4) is 0 Å². The minimum absolute atomic E-state index is 0.156. The molecule has 2 fully saturated rings. The van der Waals surface area contributed by atoms with E-state index in [2.05, 4.69) is 0 Å². The second-order valence-electron chi connectivity index (χ2n) is 6.35. The SMILES string of the molecule is COC1CC(O)C(OC2OC(C(=O)O)C(C)(O)C(O)C2O)C(C(=O)O)O1. The molecule has 0 spiro atoms. The predicted octanol–water partition coefficient (Wildman–Crippen LogP) is -3.14. The maximum absolute atomic E-state index is 11.4. The largest absolute Gasteiger partial charge is 0.479 e. The van der Waals surface area contributed by atoms with Crippen molar-refractivity contribution in [1.82, 2.24) is 0 Å². The van der Waals surface area contributed by atoms with Crippen molar-refractivity contribution in [1.29, 1.82) is 0 Å². The van der Waals surface area contributed by atoms with Crippen molar-refractivity contribution in [3.05, 3.63) is 0 Å². The van der Waals surface area contributed by atoms with Gasteiger partial charge in [0.05, 0.1) is 6.10 Å². The fourth-order valence-corrected chi connectivity index (χ4v) is 2.92. The zero-order valence-electron chi connectivity index (χ0n) is 14.0. The third-order valence-electron chi connectivity index (χ3n) is 4.43. The molecular weight excluding hydrogens is 360 g/mol. The average Bonchev–Trinajstić information content (AvgIpc) is 2.55. The van der Waals surface area contributed by atoms with Crippen LogP contribution in [0.15, 0.2) is 0 Å². The Kier molecular flexibility index (Phi) is 6.20. The molecular formula is C14H22O12. The maximum Gasteiger partial charge on any atom is 0.336 e. The summed E-state index contributed by atoms with van der Waals surface area (Å²) in [6, 6.07) is 0. The van der Waals surface area contributed by atoms with Crippen molar-refractivity contribution in [3.63, 3.8) is 0 Å². The molecule has 0 aromatic heterocycles. The molecule has 150 valence electrons. The first-order valence-corrected chi connectivity index (χ1v) is 7.72. The molecule has 6 N–H and O–H groups in total. The van der Waals surface area contributed by atoms with Gasteiger partial charge in [-0.15, -0.1) is 0 Å². The van der Waals surface area contributed by atoms with Gasteiger partial charge < -0.3 is 49.6 Å². The number of carboxylic acids is 2. The Morgan fingerprint density at radius 1 is 1.12 bits per heavy atom. The number of rotatable bonds is 5. The predicted molar refractivity (Wildman–Crippen MR) is 77.7 cm³/mol. The third kappa shape index (κ3) is 3.82. The molecule has 2 rings (SSSR count). The van der Waals surface area contributed by atoms with E-state index >= 15 is 0 Å². The lowest BCUT2D eigenvalue weighted by atomic mass is 9.85. The van der Waals surface area contributed by atoms with Crippen molar-refractivity contribution in [2.24, 2.45) is 0 Å². The molecule has 0 amide bonds. The second kappa shape index (κ2) is 7.70. The van der Waals surface area contributed by atoms with Gasteiger partial charge in [0.25, 0.3) is 0 Å². The van der Waals surface area contributed by atoms with Gasteiger partial charge in [0.2, 0.25) is 0 Å². The molecule has 26 heavy (non-hydrogen) atoms. The van der Waals surface area contributed by atoms with Crippen LogP contribution < -0.4 is 0 Å². The van der Waals surface area contributed by atoms with Crippen LogP contribution in [0.1, 0.15) is 13.3 Å². The summed E-state index contributed by atoms with van der Waals surface area (Å²) in [5.41, 5.74) is -2.33. The number of methoxy groups -OCH3 is 1. The van der Waals surface area contributed by atoms with Gasteiger partial charge in [0, 0.05) is 13.5 Å². The Hall–Kier alpha value is -1.38. The number of aliphatic hydroxyl groups is 4. The number of aliphatic carboxylic acids is 2. The van der Waals surface area contributed by atoms with E-state index < -0.39 is 66.7 Å². The molecule has 9 atom stereocenters. The first-order valence-electron chi connectivity index (χ1n) is 7.72. The standard InChI is InChI=1S/C14H22O12/c1-14(22)9(17)6(16)13(26-10(14)12(20)21)25-7-4(15)3-5(23-2)24-8(7)11(18)19/h4-10,13,15-17,22H,3H2,1-2H3,(H,18,19)(H,20,21). The Labute approximate surface area is 147 Å². The molecule has 0 aromatic rings. The second-order valence-corrected chi connectivity index (χ2v) is 6.35. The molecule has 12 nitrogen and oxygen atoms in total. The maximum atomic E-state index is 11.4. The van der Waals surface area contributed by atoms with E-state index in [0.717, 1.165) is 6.92 Å². The minimum atomic E-state index is -2.33. The molecule has 12 heteroatoms. The van der Waals surface area contributed by atoms with E-state index in [-0.39, 0.29) is 6.42 Å². The summed E-state index contributed by atoms with van der Waals surface area (Å²) in [5, 5.41) is 58.7. The van der Waals surface area contributed by atoms with Crippen molar-refractivity contribution >= 4 is 11.9 Å². The van der Waals surface area contributed by atoms with Gasteiger partial charge in [0.1, 0.15) is 23.9 Å². The van der Waals surface area contributed by atoms with Gasteiger partial charge in [-0.3, -0.25) is 0 Å². The Morgan fingerprint density at radius 3 is 2.23 bits per heavy atom. The minimum Gasteiger partial charge on any atom is -0.479 e. The lowest BCUT2D eigenvalue weighted by molar-refractivity contribution is -0.349. The molecule has 0 bridgehead atoms. The highest BCUT2D eigenvalue weighted by atomic mass is 16.7. The van der Waals surface area contributed by atoms with Gasteiger partial charge in [-0.05, 0) is 6.92 Å². The van der Waals surface area contributed by atoms with Crippen LogP contribution in [0.4, 0.5) is 0 Å². The molecule has 2 saturated heterocycles. The van der Waals surface area contributed by atoms with Crippen LogP contribution in [0.5, 0.6) is 0 Å². The lowest BCUT2D eigenvalue weighted by Crippen LogP contribution is -2.68. The first-order chi connectivity index (χ1) is 12.0. The van der Waals surface area contributed by atoms with Gasteiger partial charge in [-0.1, -0.05) is 0 Å². The van der Waals surface area contributed by atoms with Crippen LogP contribution >= 0.6 is 0 Å². The van der Waals surface area contributed by atoms with Crippen LogP contribution in [-0.2, 0) is 28.5 Å². The van der Waals surface area contributed by atoms with Gasteiger partial charge >= 0.3 is 11.9 Å². The van der Waals surface area contributed by atoms with E-state index in [4.69, 9.17) is 24.1 Å². The molecule has 2 aliphatic rings. The van der Waals surface area contributed by atoms with Crippen molar-refractivity contribution < 1.29 is 59.2 Å². The zero-order chi connectivity index (χ0) is 19.8. The number of carboxylic acid groups (broad SMARTS) is 2. The van der Waals surface area contributed by atoms with E-state index in [1.54, 1.807) is 0 Å². The molecule has 2 aliphatic heterocycles. The third-order valence-corrected chi connectivity index (χ3v) is 4.43. The van der Waals surface area contributed by atoms with Crippen molar-refractivity contribution in [2.75, 3.05) is 7.11 Å². The van der Waals surface area contributed by atoms with Gasteiger partial charge in [-0.25, -0.2) is 9.59 Å². The van der Waals surface area contributed by atoms with Crippen LogP contribution in [-0.4, -0.2) is 104 Å². The number of hydrogen-bond donors (Lipinski definition) is 6. The van der Waals surface area contributed by atoms with Crippen LogP contribution in [0.3, 0.4) is 0 Å². The molecule has 0 radical (unpaired) electrons. The summed E-state index contributed by atoms with van der Waals surface area (Å²) in [6.45, 7) is 0.956. The Bertz CT molecular complexity index is 536. The summed E-state index contributed by atoms with van der Waals surface area (Å²) >= 11 is 0. The van der Waals surface area contributed by atoms with Crippen molar-refractivity contribution in [2.45, 2.75) is 68.1 Å². The summed E-state index contributed by atoms with van der Waals surface area (Å²) < 4.78 is 20.2. The normalized spacial score (nSPS) is 46.7. The fraction of sp³-hybridized carbons (Fsp3) is 0.857. The first kappa shape index (κ1) is 20.9. The number of aliphatic hydroxyl groups excluding tert-OH is 3. The van der Waals surface area contributed by atoms with E-state index in [1.165, 1.54) is 7.11 Å². The highest BCUT2D eigenvalue weighted by Gasteiger charge is 2.57. The number of hydrogen-bond acceptors (Lipinski definition) is 10. The summed E-state index contributed by atoms with van der Waals surface area (Å²) in [4.78, 5) is 22.6. The zero-order valence-corrected chi connectivity index (χ0v) is 14.0. The smallest absolute Gasteiger partial charge is 0.336 e. The highest BCUT2D eigenvalue weighted by Crippen LogP contribution is 2.33. The Morgan fingerprint density at radius 2 is 1.73 bits per heavy atom. The number of ether oxygens (including phenoxy) is 4. The monoisotopic (exact) mass is 382 g/mol. The van der Waals surface area contributed by atoms with Gasteiger partial charge in [-0.2, -0.15) is 0 Å². The molecule has 0 saturated carbocycles. The average molecular weight is 382 g/mol. The van der Waals surface area contributed by atoms with E-state index in [9.17, 15) is 35.1 Å². The summed E-state index contributed by atoms with van der Waals surface area (Å²) in [6.07, 6.45) is -13.5. The highest BCUT2D eigenvalue weighted by molar-refractivity contribution is 5.74. The quantitative estimate of drug-likeness (QED) is 0.280. The van der Waals surface area contributed by atoms with E-state index in [0.29, 0.717) is 0 Å². The molecule has 0 aromatic carbocycles. The number of carbonyl (C=O) groups is 2. The lowest BCUT2D eigenvalue weighted by Gasteiger charge is -2.46. The van der Waals surface area contributed by atoms with E-state index in [1.807, 2.05) is 0 Å². The van der Waals surface area contributed by atoms with Crippen LogP contribution in [0, 0.1) is 0 Å². The summed E-state index contributed by atoms with van der Waals surface area (Å²) in [7, 11) is 1.25. The topological polar surface area (TPSA) is 192 Å². The molecule has 9 unspecified atom stereocenters. The Balaban J connectivity index is 2.22. The fourth-order valence-electron chi connectivity index (χ4n) is 2.92. The van der Waals surface area contributed by atoms with Gasteiger partial charge in [0.15, 0.2) is 24.8 Å². The molecule has 0 aliphatic carbocycles. The van der Waals surface area contributed by atoms with Crippen LogP contribution in [0.25, 0.3) is 0 Å². The van der Waals surface area contributed by atoms with Crippen LogP contribution in [0.2, 0.25) is 0 Å².